The molecule has 4 heterocycles. The van der Waals surface area contributed by atoms with Gasteiger partial charge in [-0.3, -0.25) is 9.69 Å². The van der Waals surface area contributed by atoms with Crippen LogP contribution in [-0.2, 0) is 13.1 Å². The van der Waals surface area contributed by atoms with Gasteiger partial charge in [0.15, 0.2) is 0 Å². The standard InChI is InChI=1S/C23H24N2O2S/c1-27-19-6-4-16(5-7-19)12-24-13-17-11-18(15-24)21-9-8-20(22-3-2-10-28-22)23(26)25(21)14-17/h2-10,17-18H,11-15H2,1H3. The summed E-state index contributed by atoms with van der Waals surface area (Å²) >= 11 is 1.64. The summed E-state index contributed by atoms with van der Waals surface area (Å²) in [5.41, 5.74) is 3.54. The highest BCUT2D eigenvalue weighted by molar-refractivity contribution is 7.13. The molecule has 3 aromatic rings. The Bertz CT molecular complexity index is 1020. The molecule has 0 aliphatic carbocycles. The van der Waals surface area contributed by atoms with E-state index in [9.17, 15) is 4.79 Å². The number of likely N-dealkylation sites (tertiary alicyclic amines) is 1. The topological polar surface area (TPSA) is 34.5 Å². The zero-order chi connectivity index (χ0) is 19.1. The second kappa shape index (κ2) is 7.22. The van der Waals surface area contributed by atoms with E-state index in [0.717, 1.165) is 42.4 Å². The van der Waals surface area contributed by atoms with Crippen molar-refractivity contribution in [2.24, 2.45) is 5.92 Å². The average Bonchev–Trinajstić information content (AvgIpc) is 3.24. The molecular formula is C23H24N2O2S. The molecular weight excluding hydrogens is 368 g/mol. The predicted molar refractivity (Wildman–Crippen MR) is 113 cm³/mol. The number of thiophene rings is 1. The summed E-state index contributed by atoms with van der Waals surface area (Å²) in [6.07, 6.45) is 1.19. The molecule has 5 rings (SSSR count). The molecule has 0 N–H and O–H groups in total. The van der Waals surface area contributed by atoms with Crippen molar-refractivity contribution < 1.29 is 4.74 Å². The van der Waals surface area contributed by atoms with E-state index < -0.39 is 0 Å². The van der Waals surface area contributed by atoms with Crippen LogP contribution >= 0.6 is 11.3 Å². The fourth-order valence-corrected chi connectivity index (χ4v) is 5.53. The Hall–Kier alpha value is -2.37. The lowest BCUT2D eigenvalue weighted by atomic mass is 9.82. The Morgan fingerprint density at radius 3 is 2.68 bits per heavy atom. The van der Waals surface area contributed by atoms with Crippen LogP contribution in [0.3, 0.4) is 0 Å². The van der Waals surface area contributed by atoms with Crippen molar-refractivity contribution in [2.75, 3.05) is 20.2 Å². The van der Waals surface area contributed by atoms with E-state index >= 15 is 0 Å². The maximum Gasteiger partial charge on any atom is 0.259 e. The normalized spacial score (nSPS) is 21.3. The van der Waals surface area contributed by atoms with E-state index in [1.807, 2.05) is 35.7 Å². The number of hydrogen-bond acceptors (Lipinski definition) is 4. The summed E-state index contributed by atoms with van der Waals surface area (Å²) in [5.74, 6) is 1.88. The van der Waals surface area contributed by atoms with Gasteiger partial charge in [-0.2, -0.15) is 0 Å². The maximum absolute atomic E-state index is 13.1. The number of rotatable bonds is 4. The van der Waals surface area contributed by atoms with Gasteiger partial charge in [0.25, 0.3) is 5.56 Å². The van der Waals surface area contributed by atoms with Gasteiger partial charge in [-0.25, -0.2) is 0 Å². The van der Waals surface area contributed by atoms with Gasteiger partial charge in [0.1, 0.15) is 5.75 Å². The molecule has 2 atom stereocenters. The number of fused-ring (bicyclic) bond motifs is 4. The first-order valence-electron chi connectivity index (χ1n) is 9.84. The van der Waals surface area contributed by atoms with Gasteiger partial charge in [0.2, 0.25) is 0 Å². The highest BCUT2D eigenvalue weighted by atomic mass is 32.1. The minimum absolute atomic E-state index is 0.179. The van der Waals surface area contributed by atoms with Crippen molar-refractivity contribution in [3.05, 3.63) is 75.5 Å². The second-order valence-electron chi connectivity index (χ2n) is 7.91. The van der Waals surface area contributed by atoms with Crippen molar-refractivity contribution >= 4 is 11.3 Å². The average molecular weight is 393 g/mol. The van der Waals surface area contributed by atoms with Gasteiger partial charge in [-0.15, -0.1) is 11.3 Å². The Kier molecular flexibility index (Phi) is 4.57. The third-order valence-electron chi connectivity index (χ3n) is 6.03. The molecule has 2 aliphatic rings. The van der Waals surface area contributed by atoms with Gasteiger partial charge >= 0.3 is 0 Å². The Labute approximate surface area is 169 Å². The molecule has 1 saturated heterocycles. The third kappa shape index (κ3) is 3.19. The summed E-state index contributed by atoms with van der Waals surface area (Å²) in [4.78, 5) is 16.7. The number of benzene rings is 1. The predicted octanol–water partition coefficient (Wildman–Crippen LogP) is 4.20. The van der Waals surface area contributed by atoms with Crippen molar-refractivity contribution in [1.29, 1.82) is 0 Å². The minimum Gasteiger partial charge on any atom is -0.497 e. The van der Waals surface area contributed by atoms with E-state index in [1.165, 1.54) is 17.7 Å². The van der Waals surface area contributed by atoms with Gasteiger partial charge in [0.05, 0.1) is 12.7 Å². The van der Waals surface area contributed by atoms with E-state index in [2.05, 4.69) is 27.7 Å². The Balaban J connectivity index is 1.39. The molecule has 2 bridgehead atoms. The number of piperidine rings is 1. The van der Waals surface area contributed by atoms with Crippen LogP contribution in [-0.4, -0.2) is 29.7 Å². The number of aromatic nitrogens is 1. The number of pyridine rings is 1. The number of methoxy groups -OCH3 is 1. The van der Waals surface area contributed by atoms with Crippen LogP contribution in [0.4, 0.5) is 0 Å². The molecule has 2 unspecified atom stereocenters. The van der Waals surface area contributed by atoms with Gasteiger partial charge in [0, 0.05) is 42.7 Å². The second-order valence-corrected chi connectivity index (χ2v) is 8.85. The van der Waals surface area contributed by atoms with E-state index in [4.69, 9.17) is 4.74 Å². The van der Waals surface area contributed by atoms with E-state index in [-0.39, 0.29) is 5.56 Å². The van der Waals surface area contributed by atoms with Crippen LogP contribution in [0.25, 0.3) is 10.4 Å². The molecule has 1 fully saturated rings. The lowest BCUT2D eigenvalue weighted by Crippen LogP contribution is -2.46. The van der Waals surface area contributed by atoms with Crippen molar-refractivity contribution in [3.63, 3.8) is 0 Å². The first kappa shape index (κ1) is 17.7. The number of hydrogen-bond donors (Lipinski definition) is 0. The first-order chi connectivity index (χ1) is 13.7. The summed E-state index contributed by atoms with van der Waals surface area (Å²) in [6.45, 7) is 3.86. The van der Waals surface area contributed by atoms with Crippen molar-refractivity contribution in [1.82, 2.24) is 9.47 Å². The SMILES string of the molecule is COc1ccc(CN2CC3CC(C2)c2ccc(-c4cccs4)c(=O)n2C3)cc1. The molecule has 0 spiro atoms. The molecule has 2 aromatic heterocycles. The maximum atomic E-state index is 13.1. The highest BCUT2D eigenvalue weighted by Gasteiger charge is 2.35. The summed E-state index contributed by atoms with van der Waals surface area (Å²) < 4.78 is 7.32. The summed E-state index contributed by atoms with van der Waals surface area (Å²) in [6, 6.07) is 16.6. The Morgan fingerprint density at radius 1 is 1.07 bits per heavy atom. The molecule has 0 amide bonds. The molecule has 0 radical (unpaired) electrons. The van der Waals surface area contributed by atoms with Gasteiger partial charge in [-0.05, 0) is 53.6 Å². The fraction of sp³-hybridized carbons (Fsp3) is 0.348. The zero-order valence-electron chi connectivity index (χ0n) is 16.0. The van der Waals surface area contributed by atoms with Crippen molar-refractivity contribution in [2.45, 2.75) is 25.4 Å². The van der Waals surface area contributed by atoms with Crippen LogP contribution in [0.15, 0.2) is 58.7 Å². The smallest absolute Gasteiger partial charge is 0.259 e. The molecule has 2 aliphatic heterocycles. The summed E-state index contributed by atoms with van der Waals surface area (Å²) in [7, 11) is 1.70. The van der Waals surface area contributed by atoms with Crippen LogP contribution < -0.4 is 10.3 Å². The number of nitrogens with zero attached hydrogens (tertiary/aromatic N) is 2. The molecule has 0 saturated carbocycles. The molecule has 144 valence electrons. The van der Waals surface area contributed by atoms with Crippen LogP contribution in [0.2, 0.25) is 0 Å². The van der Waals surface area contributed by atoms with Gasteiger partial charge in [-0.1, -0.05) is 18.2 Å². The third-order valence-corrected chi connectivity index (χ3v) is 6.93. The Morgan fingerprint density at radius 2 is 1.93 bits per heavy atom. The van der Waals surface area contributed by atoms with Crippen molar-refractivity contribution in [3.8, 4) is 16.2 Å². The summed E-state index contributed by atoms with van der Waals surface area (Å²) in [5, 5.41) is 2.03. The van der Waals surface area contributed by atoms with Gasteiger partial charge < -0.3 is 9.30 Å². The van der Waals surface area contributed by atoms with Crippen LogP contribution in [0.1, 0.15) is 23.6 Å². The van der Waals surface area contributed by atoms with Crippen LogP contribution in [0, 0.1) is 5.92 Å². The monoisotopic (exact) mass is 392 g/mol. The lowest BCUT2D eigenvalue weighted by Gasteiger charge is -2.43. The minimum atomic E-state index is 0.179. The zero-order valence-corrected chi connectivity index (χ0v) is 16.8. The first-order valence-corrected chi connectivity index (χ1v) is 10.7. The van der Waals surface area contributed by atoms with E-state index in [0.29, 0.717) is 11.8 Å². The molecule has 1 aromatic carbocycles. The fourth-order valence-electron chi connectivity index (χ4n) is 4.78. The number of ether oxygens (including phenoxy) is 1. The largest absolute Gasteiger partial charge is 0.497 e. The van der Waals surface area contributed by atoms with Crippen LogP contribution in [0.5, 0.6) is 5.75 Å². The molecule has 28 heavy (non-hydrogen) atoms. The molecule has 5 heteroatoms. The highest BCUT2D eigenvalue weighted by Crippen LogP contribution is 2.36. The lowest BCUT2D eigenvalue weighted by molar-refractivity contribution is 0.114. The quantitative estimate of drug-likeness (QED) is 0.667. The van der Waals surface area contributed by atoms with E-state index in [1.54, 1.807) is 18.4 Å². The molecule has 4 nitrogen and oxygen atoms in total.